The Morgan fingerprint density at radius 3 is 2.50 bits per heavy atom. The molecule has 0 amide bonds. The van der Waals surface area contributed by atoms with Crippen LogP contribution in [0.3, 0.4) is 0 Å². The highest BCUT2D eigenvalue weighted by Crippen LogP contribution is 2.16. The van der Waals surface area contributed by atoms with Gasteiger partial charge in [0, 0.05) is 23.7 Å². The van der Waals surface area contributed by atoms with E-state index in [0.29, 0.717) is 23.1 Å². The summed E-state index contributed by atoms with van der Waals surface area (Å²) in [6.45, 7) is 4.87. The minimum Gasteiger partial charge on any atom is -0.389 e. The maximum atomic E-state index is 13.8. The van der Waals surface area contributed by atoms with Gasteiger partial charge in [-0.3, -0.25) is 4.90 Å². The average molecular weight is 268 g/mol. The molecule has 0 atom stereocenters. The number of nitrogens with two attached hydrogens (primary N) is 1. The number of hydrogen-bond donors (Lipinski definition) is 1. The summed E-state index contributed by atoms with van der Waals surface area (Å²) in [5.41, 5.74) is 6.94. The number of hydrogen-bond acceptors (Lipinski definition) is 2. The molecule has 0 aliphatic rings. The number of nitrogens with zero attached hydrogens (tertiary/aromatic N) is 1. The van der Waals surface area contributed by atoms with Crippen molar-refractivity contribution in [1.82, 2.24) is 4.90 Å². The molecule has 0 heterocycles. The van der Waals surface area contributed by atoms with Gasteiger partial charge >= 0.3 is 0 Å². The summed E-state index contributed by atoms with van der Waals surface area (Å²) >= 11 is 4.92. The Balaban J connectivity index is 2.89. The summed E-state index contributed by atoms with van der Waals surface area (Å²) in [5, 5.41) is 0. The highest BCUT2D eigenvalue weighted by Gasteiger charge is 2.13. The van der Waals surface area contributed by atoms with E-state index < -0.39 is 0 Å². The third-order valence-corrected chi connectivity index (χ3v) is 3.55. The lowest BCUT2D eigenvalue weighted by Gasteiger charge is -2.26. The molecule has 100 valence electrons. The SMILES string of the molecule is CCC(CC)N(C)Cc1cc(C(N)=S)ccc1F. The third-order valence-electron chi connectivity index (χ3n) is 3.32. The zero-order valence-electron chi connectivity index (χ0n) is 11.2. The van der Waals surface area contributed by atoms with E-state index in [-0.39, 0.29) is 5.82 Å². The van der Waals surface area contributed by atoms with Crippen molar-refractivity contribution in [2.45, 2.75) is 39.3 Å². The van der Waals surface area contributed by atoms with Gasteiger partial charge in [-0.05, 0) is 38.1 Å². The van der Waals surface area contributed by atoms with Crippen LogP contribution in [0, 0.1) is 5.82 Å². The van der Waals surface area contributed by atoms with Crippen LogP contribution in [0.2, 0.25) is 0 Å². The predicted octanol–water partition coefficient (Wildman–Crippen LogP) is 3.08. The van der Waals surface area contributed by atoms with Gasteiger partial charge in [0.1, 0.15) is 10.8 Å². The Morgan fingerprint density at radius 2 is 2.00 bits per heavy atom. The molecule has 4 heteroatoms. The van der Waals surface area contributed by atoms with Crippen LogP contribution >= 0.6 is 12.2 Å². The highest BCUT2D eigenvalue weighted by atomic mass is 32.1. The third kappa shape index (κ3) is 3.75. The molecule has 0 saturated carbocycles. The van der Waals surface area contributed by atoms with E-state index in [1.165, 1.54) is 6.07 Å². The second-order valence-corrected chi connectivity index (χ2v) is 5.00. The summed E-state index contributed by atoms with van der Waals surface area (Å²) in [4.78, 5) is 2.48. The van der Waals surface area contributed by atoms with Gasteiger partial charge in [0.2, 0.25) is 0 Å². The quantitative estimate of drug-likeness (QED) is 0.804. The van der Waals surface area contributed by atoms with Crippen LogP contribution in [-0.2, 0) is 6.54 Å². The molecule has 2 N–H and O–H groups in total. The first-order chi connectivity index (χ1) is 8.49. The molecule has 0 radical (unpaired) electrons. The summed E-state index contributed by atoms with van der Waals surface area (Å²) in [7, 11) is 2.02. The summed E-state index contributed by atoms with van der Waals surface area (Å²) in [6, 6.07) is 5.28. The summed E-state index contributed by atoms with van der Waals surface area (Å²) in [6.07, 6.45) is 2.12. The number of benzene rings is 1. The van der Waals surface area contributed by atoms with Gasteiger partial charge in [0.25, 0.3) is 0 Å². The van der Waals surface area contributed by atoms with Crippen LogP contribution in [-0.4, -0.2) is 23.0 Å². The second kappa shape index (κ2) is 6.81. The molecule has 0 spiro atoms. The maximum absolute atomic E-state index is 13.8. The topological polar surface area (TPSA) is 29.3 Å². The average Bonchev–Trinajstić information content (AvgIpc) is 2.33. The second-order valence-electron chi connectivity index (χ2n) is 4.56. The van der Waals surface area contributed by atoms with Crippen LogP contribution in [0.5, 0.6) is 0 Å². The first kappa shape index (κ1) is 15.1. The minimum atomic E-state index is -0.201. The van der Waals surface area contributed by atoms with E-state index in [2.05, 4.69) is 18.7 Å². The van der Waals surface area contributed by atoms with Crippen molar-refractivity contribution in [3.63, 3.8) is 0 Å². The molecule has 0 fully saturated rings. The summed E-state index contributed by atoms with van der Waals surface area (Å²) in [5.74, 6) is -0.201. The van der Waals surface area contributed by atoms with E-state index in [9.17, 15) is 4.39 Å². The zero-order chi connectivity index (χ0) is 13.7. The maximum Gasteiger partial charge on any atom is 0.127 e. The molecule has 1 rings (SSSR count). The van der Waals surface area contributed by atoms with Crippen LogP contribution in [0.4, 0.5) is 4.39 Å². The molecule has 0 unspecified atom stereocenters. The standard InChI is InChI=1S/C14H21FN2S/c1-4-12(5-2)17(3)9-11-8-10(14(16)18)6-7-13(11)15/h6-8,12H,4-5,9H2,1-3H3,(H2,16,18). The molecule has 0 aromatic heterocycles. The fourth-order valence-electron chi connectivity index (χ4n) is 2.16. The number of halogens is 1. The van der Waals surface area contributed by atoms with Gasteiger partial charge in [-0.2, -0.15) is 0 Å². The molecular formula is C14H21FN2S. The van der Waals surface area contributed by atoms with E-state index in [1.54, 1.807) is 12.1 Å². The molecule has 1 aromatic carbocycles. The normalized spacial score (nSPS) is 11.2. The predicted molar refractivity (Wildman–Crippen MR) is 78.1 cm³/mol. The van der Waals surface area contributed by atoms with Crippen LogP contribution in [0.15, 0.2) is 18.2 Å². The van der Waals surface area contributed by atoms with Crippen LogP contribution < -0.4 is 5.73 Å². The smallest absolute Gasteiger partial charge is 0.127 e. The molecule has 0 aliphatic heterocycles. The first-order valence-electron chi connectivity index (χ1n) is 6.28. The Morgan fingerprint density at radius 1 is 1.39 bits per heavy atom. The molecule has 0 bridgehead atoms. The van der Waals surface area contributed by atoms with Gasteiger partial charge in [0.15, 0.2) is 0 Å². The largest absolute Gasteiger partial charge is 0.389 e. The Hall–Kier alpha value is -1.00. The molecule has 2 nitrogen and oxygen atoms in total. The lowest BCUT2D eigenvalue weighted by Crippen LogP contribution is -2.30. The molecular weight excluding hydrogens is 247 g/mol. The van der Waals surface area contributed by atoms with E-state index in [4.69, 9.17) is 18.0 Å². The lowest BCUT2D eigenvalue weighted by atomic mass is 10.1. The van der Waals surface area contributed by atoms with Crippen LogP contribution in [0.1, 0.15) is 37.8 Å². The Bertz CT molecular complexity index is 416. The summed E-state index contributed by atoms with van der Waals surface area (Å²) < 4.78 is 13.8. The van der Waals surface area contributed by atoms with E-state index >= 15 is 0 Å². The van der Waals surface area contributed by atoms with Crippen molar-refractivity contribution < 1.29 is 4.39 Å². The van der Waals surface area contributed by atoms with Crippen molar-refractivity contribution >= 4 is 17.2 Å². The Labute approximate surface area is 114 Å². The van der Waals surface area contributed by atoms with Crippen molar-refractivity contribution in [1.29, 1.82) is 0 Å². The van der Waals surface area contributed by atoms with E-state index in [0.717, 1.165) is 18.4 Å². The minimum absolute atomic E-state index is 0.201. The molecule has 1 aromatic rings. The Kier molecular flexibility index (Phi) is 5.69. The highest BCUT2D eigenvalue weighted by molar-refractivity contribution is 7.80. The first-order valence-corrected chi connectivity index (χ1v) is 6.68. The van der Waals surface area contributed by atoms with E-state index in [1.807, 2.05) is 7.05 Å². The molecule has 0 aliphatic carbocycles. The fraction of sp³-hybridized carbons (Fsp3) is 0.500. The van der Waals surface area contributed by atoms with Crippen molar-refractivity contribution in [3.8, 4) is 0 Å². The van der Waals surface area contributed by atoms with Gasteiger partial charge in [-0.25, -0.2) is 4.39 Å². The van der Waals surface area contributed by atoms with Gasteiger partial charge in [0.05, 0.1) is 0 Å². The molecule has 18 heavy (non-hydrogen) atoms. The van der Waals surface area contributed by atoms with Crippen molar-refractivity contribution in [2.24, 2.45) is 5.73 Å². The fourth-order valence-corrected chi connectivity index (χ4v) is 2.29. The number of thiocarbonyl (C=S) groups is 1. The van der Waals surface area contributed by atoms with Crippen molar-refractivity contribution in [3.05, 3.63) is 35.1 Å². The monoisotopic (exact) mass is 268 g/mol. The van der Waals surface area contributed by atoms with Gasteiger partial charge < -0.3 is 5.73 Å². The van der Waals surface area contributed by atoms with Crippen molar-refractivity contribution in [2.75, 3.05) is 7.05 Å². The van der Waals surface area contributed by atoms with Gasteiger partial charge in [-0.1, -0.05) is 26.1 Å². The van der Waals surface area contributed by atoms with Crippen LogP contribution in [0.25, 0.3) is 0 Å². The zero-order valence-corrected chi connectivity index (χ0v) is 12.1. The lowest BCUT2D eigenvalue weighted by molar-refractivity contribution is 0.219. The van der Waals surface area contributed by atoms with Gasteiger partial charge in [-0.15, -0.1) is 0 Å². The number of rotatable bonds is 6. The molecule has 0 saturated heterocycles.